The number of carbonyl (C=O) groups is 1. The van der Waals surface area contributed by atoms with E-state index >= 15 is 0 Å². The van der Waals surface area contributed by atoms with Gasteiger partial charge in [-0.25, -0.2) is 8.63 Å². The van der Waals surface area contributed by atoms with Gasteiger partial charge in [0.15, 0.2) is 5.78 Å². The summed E-state index contributed by atoms with van der Waals surface area (Å²) in [6.07, 6.45) is 4.68. The Morgan fingerprint density at radius 2 is 1.58 bits per heavy atom. The summed E-state index contributed by atoms with van der Waals surface area (Å²) in [4.78, 5) is 14.6. The number of halogens is 2. The molecule has 0 N–H and O–H groups in total. The van der Waals surface area contributed by atoms with Crippen LogP contribution in [0.2, 0.25) is 0 Å². The maximum atomic E-state index is 12.8. The summed E-state index contributed by atoms with van der Waals surface area (Å²) in [6, 6.07) is 15.7. The molecule has 134 valence electrons. The third-order valence-corrected chi connectivity index (χ3v) is 4.41. The van der Waals surface area contributed by atoms with Crippen molar-refractivity contribution in [1.29, 1.82) is 0 Å². The number of benzene rings is 2. The van der Waals surface area contributed by atoms with Crippen LogP contribution in [0.5, 0.6) is 0 Å². The number of rotatable bonds is 6. The van der Waals surface area contributed by atoms with Crippen LogP contribution in [0.4, 0.5) is 14.3 Å². The Morgan fingerprint density at radius 1 is 0.923 bits per heavy atom. The summed E-state index contributed by atoms with van der Waals surface area (Å²) in [5.74, 6) is -0.500. The molecule has 1 aliphatic rings. The van der Waals surface area contributed by atoms with E-state index in [2.05, 4.69) is 9.55 Å². The van der Waals surface area contributed by atoms with Crippen molar-refractivity contribution < 1.29 is 18.1 Å². The molecule has 0 unspecified atom stereocenters. The van der Waals surface area contributed by atoms with Crippen molar-refractivity contribution in [3.05, 3.63) is 71.8 Å². The molecule has 1 fully saturated rings. The first-order valence-corrected chi connectivity index (χ1v) is 8.75. The smallest absolute Gasteiger partial charge is 0.505 e. The number of anilines is 1. The first-order valence-electron chi connectivity index (χ1n) is 8.75. The second kappa shape index (κ2) is 8.65. The normalized spacial score (nSPS) is 14.8. The predicted molar refractivity (Wildman–Crippen MR) is 100 cm³/mol. The van der Waals surface area contributed by atoms with Gasteiger partial charge in [-0.2, -0.15) is 0 Å². The lowest BCUT2D eigenvalue weighted by Gasteiger charge is -2.28. The first-order chi connectivity index (χ1) is 12.6. The van der Waals surface area contributed by atoms with Gasteiger partial charge in [0.25, 0.3) is 0 Å². The molecule has 3 nitrogen and oxygen atoms in total. The third-order valence-electron chi connectivity index (χ3n) is 4.41. The van der Waals surface area contributed by atoms with Crippen molar-refractivity contribution in [1.82, 2.24) is 0 Å². The molecule has 0 spiro atoms. The predicted octanol–water partition coefficient (Wildman–Crippen LogP) is 4.84. The summed E-state index contributed by atoms with van der Waals surface area (Å²) >= 11 is 0. The third kappa shape index (κ3) is 4.72. The highest BCUT2D eigenvalue weighted by Gasteiger charge is 2.21. The van der Waals surface area contributed by atoms with Gasteiger partial charge in [0, 0.05) is 36.0 Å². The molecule has 1 saturated heterocycles. The minimum Gasteiger partial charge on any atom is -0.505 e. The molecule has 3 rings (SSSR count). The van der Waals surface area contributed by atoms with Crippen molar-refractivity contribution in [3.8, 4) is 0 Å². The molecule has 1 aliphatic heterocycles. The molecule has 2 aromatic rings. The zero-order valence-electron chi connectivity index (χ0n) is 14.4. The number of piperidine rings is 1. The topological polar surface area (TPSA) is 29.5 Å². The molecule has 0 radical (unpaired) electrons. The van der Waals surface area contributed by atoms with Crippen LogP contribution in [0.1, 0.15) is 35.2 Å². The fourth-order valence-corrected chi connectivity index (χ4v) is 3.07. The van der Waals surface area contributed by atoms with Gasteiger partial charge in [-0.3, -0.25) is 4.79 Å². The van der Waals surface area contributed by atoms with Crippen LogP contribution in [-0.2, 0) is 4.65 Å². The first kappa shape index (κ1) is 18.2. The van der Waals surface area contributed by atoms with Gasteiger partial charge in [-0.05, 0) is 43.5 Å². The van der Waals surface area contributed by atoms with E-state index in [1.165, 1.54) is 6.42 Å². The van der Waals surface area contributed by atoms with Crippen LogP contribution in [0.25, 0.3) is 5.76 Å². The van der Waals surface area contributed by atoms with Gasteiger partial charge in [-0.15, -0.1) is 0 Å². The van der Waals surface area contributed by atoms with Crippen LogP contribution < -0.4 is 4.90 Å². The second-order valence-electron chi connectivity index (χ2n) is 6.21. The van der Waals surface area contributed by atoms with Crippen LogP contribution >= 0.6 is 0 Å². The lowest BCUT2D eigenvalue weighted by molar-refractivity contribution is 0.104. The van der Waals surface area contributed by atoms with E-state index < -0.39 is 7.47 Å². The Morgan fingerprint density at radius 3 is 2.19 bits per heavy atom. The molecular weight excluding hydrogens is 335 g/mol. The maximum Gasteiger partial charge on any atom is 0.796 e. The maximum absolute atomic E-state index is 12.8. The number of ketones is 1. The largest absolute Gasteiger partial charge is 0.796 e. The summed E-state index contributed by atoms with van der Waals surface area (Å²) in [5, 5.41) is 0. The molecule has 0 bridgehead atoms. The van der Waals surface area contributed by atoms with Gasteiger partial charge in [-0.1, -0.05) is 30.3 Å². The van der Waals surface area contributed by atoms with Gasteiger partial charge >= 0.3 is 7.47 Å². The number of carbonyl (C=O) groups excluding carboxylic acids is 1. The molecular formula is C20H20BF2NO2. The molecule has 6 heteroatoms. The summed E-state index contributed by atoms with van der Waals surface area (Å²) in [6.45, 7) is 2.00. The minimum absolute atomic E-state index is 0.126. The number of nitrogens with zero attached hydrogens (tertiary/aromatic N) is 1. The molecule has 0 aromatic heterocycles. The van der Waals surface area contributed by atoms with Crippen molar-refractivity contribution >= 4 is 24.7 Å². The monoisotopic (exact) mass is 355 g/mol. The van der Waals surface area contributed by atoms with Gasteiger partial charge in [0.1, 0.15) is 5.76 Å². The number of allylic oxidation sites excluding steroid dienone is 1. The van der Waals surface area contributed by atoms with Gasteiger partial charge in [0.05, 0.1) is 0 Å². The minimum atomic E-state index is -2.99. The Kier molecular flexibility index (Phi) is 6.05. The van der Waals surface area contributed by atoms with E-state index in [1.807, 2.05) is 12.1 Å². The van der Waals surface area contributed by atoms with Gasteiger partial charge in [0.2, 0.25) is 0 Å². The molecule has 0 saturated carbocycles. The molecule has 0 aliphatic carbocycles. The highest BCUT2D eigenvalue weighted by molar-refractivity contribution is 6.36. The Labute approximate surface area is 152 Å². The summed E-state index contributed by atoms with van der Waals surface area (Å²) < 4.78 is 30.2. The standard InChI is InChI=1S/C20H20BF2NO2/c22-21(23)26-20(15-19(25)16-7-3-1-4-8-16)17-9-11-18(12-10-17)24-13-5-2-6-14-24/h1,3-4,7-12,15H,2,5-6,13-14H2/b20-15-. The Bertz CT molecular complexity index is 757. The van der Waals surface area contributed by atoms with Crippen molar-refractivity contribution in [2.45, 2.75) is 19.3 Å². The lowest BCUT2D eigenvalue weighted by Crippen LogP contribution is -2.29. The molecule has 0 amide bonds. The second-order valence-corrected chi connectivity index (χ2v) is 6.21. The van der Waals surface area contributed by atoms with E-state index in [0.717, 1.165) is 37.7 Å². The van der Waals surface area contributed by atoms with Crippen molar-refractivity contribution in [3.63, 3.8) is 0 Å². The molecule has 1 heterocycles. The summed E-state index contributed by atoms with van der Waals surface area (Å²) in [5.41, 5.74) is 1.93. The van der Waals surface area contributed by atoms with E-state index in [-0.39, 0.29) is 11.5 Å². The van der Waals surface area contributed by atoms with E-state index in [1.54, 1.807) is 42.5 Å². The fraction of sp³-hybridized carbons (Fsp3) is 0.250. The SMILES string of the molecule is O=C(/C=C(\OB(F)F)c1ccc(N2CCCCC2)cc1)c1ccccc1. The lowest BCUT2D eigenvalue weighted by atomic mass is 10.1. The van der Waals surface area contributed by atoms with E-state index in [4.69, 9.17) is 0 Å². The highest BCUT2D eigenvalue weighted by atomic mass is 19.2. The average molecular weight is 355 g/mol. The number of hydrogen-bond donors (Lipinski definition) is 0. The highest BCUT2D eigenvalue weighted by Crippen LogP contribution is 2.24. The van der Waals surface area contributed by atoms with Gasteiger partial charge < -0.3 is 9.55 Å². The van der Waals surface area contributed by atoms with Crippen LogP contribution in [-0.4, -0.2) is 26.3 Å². The quantitative estimate of drug-likeness (QED) is 0.321. The summed E-state index contributed by atoms with van der Waals surface area (Å²) in [7, 11) is -2.99. The van der Waals surface area contributed by atoms with Crippen molar-refractivity contribution in [2.24, 2.45) is 0 Å². The van der Waals surface area contributed by atoms with Crippen LogP contribution in [0.3, 0.4) is 0 Å². The zero-order valence-corrected chi connectivity index (χ0v) is 14.4. The van der Waals surface area contributed by atoms with Crippen molar-refractivity contribution in [2.75, 3.05) is 18.0 Å². The van der Waals surface area contributed by atoms with E-state index in [0.29, 0.717) is 11.1 Å². The fourth-order valence-electron chi connectivity index (χ4n) is 3.07. The average Bonchev–Trinajstić information content (AvgIpc) is 2.68. The van der Waals surface area contributed by atoms with Crippen LogP contribution in [0.15, 0.2) is 60.7 Å². The Balaban J connectivity index is 1.83. The number of hydrogen-bond acceptors (Lipinski definition) is 3. The van der Waals surface area contributed by atoms with E-state index in [9.17, 15) is 13.4 Å². The van der Waals surface area contributed by atoms with Crippen LogP contribution in [0, 0.1) is 0 Å². The molecule has 2 aromatic carbocycles. The Hall–Kier alpha value is -2.63. The zero-order chi connectivity index (χ0) is 18.4. The molecule has 26 heavy (non-hydrogen) atoms. The molecule has 0 atom stereocenters.